The smallest absolute Gasteiger partial charge is 0.111 e. The van der Waals surface area contributed by atoms with Crippen LogP contribution in [-0.2, 0) is 0 Å². The van der Waals surface area contributed by atoms with Crippen molar-refractivity contribution in [3.8, 4) is 0 Å². The van der Waals surface area contributed by atoms with Gasteiger partial charge < -0.3 is 0 Å². The van der Waals surface area contributed by atoms with Crippen LogP contribution in [0.15, 0.2) is 23.2 Å². The van der Waals surface area contributed by atoms with Crippen LogP contribution in [0.25, 0.3) is 0 Å². The Balaban J connectivity index is 0.000000500. The molecule has 0 spiro atoms. The van der Waals surface area contributed by atoms with Gasteiger partial charge in [-0.15, -0.1) is 23.2 Å². The number of aliphatic imine (C=N–C) groups is 1. The molecule has 76 valence electrons. The van der Waals surface area contributed by atoms with Crippen molar-refractivity contribution in [2.75, 3.05) is 5.34 Å². The molecule has 0 bridgehead atoms. The Morgan fingerprint density at radius 3 is 2.00 bits per heavy atom. The maximum absolute atomic E-state index is 5.74. The second-order valence-corrected chi connectivity index (χ2v) is 3.68. The van der Waals surface area contributed by atoms with E-state index >= 15 is 0 Å². The monoisotopic (exact) mass is 287 g/mol. The summed E-state index contributed by atoms with van der Waals surface area (Å²) in [4.78, 5) is 3.71. The van der Waals surface area contributed by atoms with Crippen LogP contribution >= 0.6 is 58.6 Å². The Morgan fingerprint density at radius 2 is 1.64 bits per heavy atom. The highest BCUT2D eigenvalue weighted by Gasteiger charge is 2.01. The second-order valence-electron chi connectivity index (χ2n) is 1.87. The van der Waals surface area contributed by atoms with E-state index in [1.54, 1.807) is 18.2 Å². The van der Waals surface area contributed by atoms with E-state index in [0.29, 0.717) is 15.7 Å². The van der Waals surface area contributed by atoms with Gasteiger partial charge in [-0.05, 0) is 24.4 Å². The van der Waals surface area contributed by atoms with Crippen LogP contribution in [0.2, 0.25) is 10.0 Å². The zero-order chi connectivity index (χ0) is 11.0. The summed E-state index contributed by atoms with van der Waals surface area (Å²) < 4.78 is 0. The quantitative estimate of drug-likeness (QED) is 0.395. The van der Waals surface area contributed by atoms with Gasteiger partial charge >= 0.3 is 0 Å². The molecular formula is C8H5Cl4NS. The standard InChI is InChI=1S/C7H3Cl2NS.CH2Cl2/c8-5-2-1-3-6(9)7(5)10-4-11;2-1-3/h1-3H;1H2. The van der Waals surface area contributed by atoms with Gasteiger partial charge in [0.25, 0.3) is 0 Å². The number of alkyl halides is 2. The molecule has 0 aliphatic rings. The van der Waals surface area contributed by atoms with Crippen molar-refractivity contribution in [2.45, 2.75) is 0 Å². The molecule has 0 aliphatic carbocycles. The molecule has 0 amide bonds. The fraction of sp³-hybridized carbons (Fsp3) is 0.125. The first-order chi connectivity index (χ1) is 6.67. The molecule has 0 saturated heterocycles. The first-order valence-corrected chi connectivity index (χ1v) is 5.54. The van der Waals surface area contributed by atoms with Crippen molar-refractivity contribution in [2.24, 2.45) is 4.99 Å². The summed E-state index contributed by atoms with van der Waals surface area (Å²) >= 11 is 25.4. The van der Waals surface area contributed by atoms with E-state index < -0.39 is 0 Å². The Hall–Kier alpha value is 0.180. The highest BCUT2D eigenvalue weighted by atomic mass is 35.5. The third kappa shape index (κ3) is 5.16. The molecule has 6 heteroatoms. The molecule has 1 rings (SSSR count). The SMILES string of the molecule is ClCCl.S=C=Nc1c(Cl)cccc1Cl. The van der Waals surface area contributed by atoms with E-state index in [0.717, 1.165) is 0 Å². The molecular weight excluding hydrogens is 284 g/mol. The van der Waals surface area contributed by atoms with Crippen LogP contribution in [0.4, 0.5) is 5.69 Å². The van der Waals surface area contributed by atoms with E-state index in [2.05, 4.69) is 22.4 Å². The predicted molar refractivity (Wildman–Crippen MR) is 67.7 cm³/mol. The lowest BCUT2D eigenvalue weighted by molar-refractivity contribution is 1.55. The minimum atomic E-state index is 0.194. The normalized spacial score (nSPS) is 8.29. The van der Waals surface area contributed by atoms with Crippen LogP contribution < -0.4 is 0 Å². The Labute approximate surface area is 108 Å². The van der Waals surface area contributed by atoms with Crippen LogP contribution in [0.3, 0.4) is 0 Å². The van der Waals surface area contributed by atoms with E-state index in [-0.39, 0.29) is 5.34 Å². The summed E-state index contributed by atoms with van der Waals surface area (Å²) in [5.74, 6) is 0. The predicted octanol–water partition coefficient (Wildman–Crippen LogP) is 5.15. The molecule has 1 aromatic carbocycles. The summed E-state index contributed by atoms with van der Waals surface area (Å²) in [6.07, 6.45) is 0. The van der Waals surface area contributed by atoms with Gasteiger partial charge in [-0.25, -0.2) is 0 Å². The number of hydrogen-bond donors (Lipinski definition) is 0. The minimum Gasteiger partial charge on any atom is -0.192 e. The van der Waals surface area contributed by atoms with E-state index in [1.165, 1.54) is 0 Å². The Morgan fingerprint density at radius 1 is 1.21 bits per heavy atom. The van der Waals surface area contributed by atoms with Gasteiger partial charge in [0.1, 0.15) is 5.69 Å². The van der Waals surface area contributed by atoms with Crippen molar-refractivity contribution in [3.05, 3.63) is 28.2 Å². The summed E-state index contributed by atoms with van der Waals surface area (Å²) in [5, 5.41) is 3.36. The largest absolute Gasteiger partial charge is 0.192 e. The molecule has 1 aromatic rings. The fourth-order valence-electron chi connectivity index (χ4n) is 0.641. The topological polar surface area (TPSA) is 12.4 Å². The second kappa shape index (κ2) is 8.49. The number of benzene rings is 1. The van der Waals surface area contributed by atoms with E-state index in [4.69, 9.17) is 46.4 Å². The Bertz CT molecular complexity index is 316. The molecule has 0 N–H and O–H groups in total. The van der Waals surface area contributed by atoms with Crippen LogP contribution in [0.5, 0.6) is 0 Å². The first-order valence-electron chi connectivity index (χ1n) is 3.31. The number of rotatable bonds is 1. The molecule has 0 saturated carbocycles. The average molecular weight is 289 g/mol. The highest BCUT2D eigenvalue weighted by Crippen LogP contribution is 2.31. The molecule has 0 aliphatic heterocycles. The molecule has 0 unspecified atom stereocenters. The highest BCUT2D eigenvalue weighted by molar-refractivity contribution is 7.78. The van der Waals surface area contributed by atoms with Gasteiger partial charge in [0.2, 0.25) is 0 Å². The summed E-state index contributed by atoms with van der Waals surface area (Å²) in [6.45, 7) is 0. The number of thiocarbonyl (C=S) groups is 1. The third-order valence-electron chi connectivity index (χ3n) is 1.09. The number of hydrogen-bond acceptors (Lipinski definition) is 2. The summed E-state index contributed by atoms with van der Waals surface area (Å²) in [7, 11) is 0. The van der Waals surface area contributed by atoms with Gasteiger partial charge in [-0.2, -0.15) is 4.99 Å². The van der Waals surface area contributed by atoms with Crippen LogP contribution in [0, 0.1) is 0 Å². The van der Waals surface area contributed by atoms with Crippen molar-refractivity contribution >= 4 is 69.5 Å². The van der Waals surface area contributed by atoms with Gasteiger partial charge in [-0.3, -0.25) is 0 Å². The van der Waals surface area contributed by atoms with Crippen LogP contribution in [0.1, 0.15) is 0 Å². The molecule has 0 radical (unpaired) electrons. The molecule has 0 fully saturated rings. The molecule has 0 heterocycles. The third-order valence-corrected chi connectivity index (χ3v) is 1.80. The van der Waals surface area contributed by atoms with Crippen LogP contribution in [-0.4, -0.2) is 10.5 Å². The number of isothiocyanates is 1. The average Bonchev–Trinajstić information content (AvgIpc) is 2.13. The molecule has 0 aromatic heterocycles. The van der Waals surface area contributed by atoms with E-state index in [1.807, 2.05) is 0 Å². The molecule has 1 nitrogen and oxygen atoms in total. The first kappa shape index (κ1) is 14.2. The van der Waals surface area contributed by atoms with E-state index in [9.17, 15) is 0 Å². The number of halogens is 4. The number of nitrogens with zero attached hydrogens (tertiary/aromatic N) is 1. The molecule has 14 heavy (non-hydrogen) atoms. The number of para-hydroxylation sites is 1. The van der Waals surface area contributed by atoms with Crippen molar-refractivity contribution < 1.29 is 0 Å². The van der Waals surface area contributed by atoms with Gasteiger partial charge in [0.15, 0.2) is 0 Å². The zero-order valence-electron chi connectivity index (χ0n) is 6.81. The Kier molecular flexibility index (Phi) is 8.59. The van der Waals surface area contributed by atoms with Gasteiger partial charge in [0, 0.05) is 0 Å². The van der Waals surface area contributed by atoms with Crippen molar-refractivity contribution in [1.29, 1.82) is 0 Å². The maximum atomic E-state index is 5.74. The zero-order valence-corrected chi connectivity index (χ0v) is 10.6. The molecule has 0 atom stereocenters. The van der Waals surface area contributed by atoms with Crippen molar-refractivity contribution in [3.63, 3.8) is 0 Å². The minimum absolute atomic E-state index is 0.194. The lowest BCUT2D eigenvalue weighted by Crippen LogP contribution is -1.68. The lowest BCUT2D eigenvalue weighted by Gasteiger charge is -1.96. The maximum Gasteiger partial charge on any atom is 0.111 e. The van der Waals surface area contributed by atoms with Gasteiger partial charge in [-0.1, -0.05) is 29.3 Å². The van der Waals surface area contributed by atoms with Crippen molar-refractivity contribution in [1.82, 2.24) is 0 Å². The lowest BCUT2D eigenvalue weighted by atomic mass is 10.3. The van der Waals surface area contributed by atoms with Gasteiger partial charge in [0.05, 0.1) is 20.5 Å². The fourth-order valence-corrected chi connectivity index (χ4v) is 1.21. The summed E-state index contributed by atoms with van der Waals surface area (Å²) in [5.41, 5.74) is 0.478. The summed E-state index contributed by atoms with van der Waals surface area (Å²) in [6, 6.07) is 5.13.